The second-order valence-electron chi connectivity index (χ2n) is 5.60. The molecule has 130 valence electrons. The standard InChI is InChI=1S/C18H18N2O3S2/c1-12-17(13-4-8-15(9-5-13)20-25(3,21)22)19-18(24-12)14-6-10-16(23-2)11-7-14/h4-11,20H,1-3H3. The predicted octanol–water partition coefficient (Wildman–Crippen LogP) is 4.17. The summed E-state index contributed by atoms with van der Waals surface area (Å²) in [6.45, 7) is 2.03. The summed E-state index contributed by atoms with van der Waals surface area (Å²) in [7, 11) is -1.63. The Balaban J connectivity index is 1.89. The van der Waals surface area contributed by atoms with Gasteiger partial charge in [-0.15, -0.1) is 11.3 Å². The van der Waals surface area contributed by atoms with E-state index in [1.54, 1.807) is 30.6 Å². The predicted molar refractivity (Wildman–Crippen MR) is 103 cm³/mol. The third-order valence-corrected chi connectivity index (χ3v) is 5.22. The van der Waals surface area contributed by atoms with Gasteiger partial charge in [-0.05, 0) is 43.3 Å². The molecule has 5 nitrogen and oxygen atoms in total. The van der Waals surface area contributed by atoms with E-state index in [9.17, 15) is 8.42 Å². The van der Waals surface area contributed by atoms with Crippen molar-refractivity contribution in [1.29, 1.82) is 0 Å². The van der Waals surface area contributed by atoms with Crippen molar-refractivity contribution in [3.05, 3.63) is 53.4 Å². The molecule has 3 aromatic rings. The first kappa shape index (κ1) is 17.4. The lowest BCUT2D eigenvalue weighted by atomic mass is 10.1. The van der Waals surface area contributed by atoms with E-state index in [0.717, 1.165) is 38.7 Å². The number of nitrogens with one attached hydrogen (secondary N) is 1. The van der Waals surface area contributed by atoms with Crippen LogP contribution in [0.25, 0.3) is 21.8 Å². The molecule has 0 amide bonds. The van der Waals surface area contributed by atoms with Crippen LogP contribution in [0.3, 0.4) is 0 Å². The summed E-state index contributed by atoms with van der Waals surface area (Å²) in [6, 6.07) is 15.0. The maximum Gasteiger partial charge on any atom is 0.229 e. The smallest absolute Gasteiger partial charge is 0.229 e. The average molecular weight is 374 g/mol. The maximum absolute atomic E-state index is 11.3. The highest BCUT2D eigenvalue weighted by Gasteiger charge is 2.12. The van der Waals surface area contributed by atoms with E-state index < -0.39 is 10.0 Å². The fourth-order valence-electron chi connectivity index (χ4n) is 2.43. The van der Waals surface area contributed by atoms with E-state index in [4.69, 9.17) is 9.72 Å². The van der Waals surface area contributed by atoms with Crippen LogP contribution in [0.1, 0.15) is 4.88 Å². The number of sulfonamides is 1. The summed E-state index contributed by atoms with van der Waals surface area (Å²) in [5.41, 5.74) is 3.43. The zero-order chi connectivity index (χ0) is 18.0. The molecule has 0 radical (unpaired) electrons. The van der Waals surface area contributed by atoms with Crippen LogP contribution in [0, 0.1) is 6.92 Å². The Kier molecular flexibility index (Phi) is 4.78. The number of aryl methyl sites for hydroxylation is 1. The van der Waals surface area contributed by atoms with Crippen LogP contribution < -0.4 is 9.46 Å². The number of hydrogen-bond acceptors (Lipinski definition) is 5. The van der Waals surface area contributed by atoms with Gasteiger partial charge in [0.15, 0.2) is 0 Å². The quantitative estimate of drug-likeness (QED) is 0.728. The van der Waals surface area contributed by atoms with Crippen molar-refractivity contribution in [1.82, 2.24) is 4.98 Å². The molecule has 2 aromatic carbocycles. The van der Waals surface area contributed by atoms with Gasteiger partial charge in [0.25, 0.3) is 0 Å². The minimum atomic E-state index is -3.27. The number of hydrogen-bond donors (Lipinski definition) is 1. The Bertz CT molecular complexity index is 976. The van der Waals surface area contributed by atoms with Gasteiger partial charge in [-0.2, -0.15) is 0 Å². The monoisotopic (exact) mass is 374 g/mol. The minimum absolute atomic E-state index is 0.537. The second-order valence-corrected chi connectivity index (χ2v) is 8.56. The van der Waals surface area contributed by atoms with Crippen LogP contribution in [0.2, 0.25) is 0 Å². The molecule has 7 heteroatoms. The second kappa shape index (κ2) is 6.85. The van der Waals surface area contributed by atoms with E-state index in [2.05, 4.69) is 4.72 Å². The first-order valence-electron chi connectivity index (χ1n) is 7.56. The van der Waals surface area contributed by atoms with Gasteiger partial charge in [0.1, 0.15) is 10.8 Å². The third-order valence-electron chi connectivity index (χ3n) is 3.60. The highest BCUT2D eigenvalue weighted by atomic mass is 32.2. The highest BCUT2D eigenvalue weighted by Crippen LogP contribution is 2.34. The molecule has 0 bridgehead atoms. The minimum Gasteiger partial charge on any atom is -0.497 e. The molecule has 1 N–H and O–H groups in total. The van der Waals surface area contributed by atoms with Crippen LogP contribution in [0.15, 0.2) is 48.5 Å². The Labute approximate surface area is 151 Å². The first-order chi connectivity index (χ1) is 11.9. The van der Waals surface area contributed by atoms with Gasteiger partial charge in [0, 0.05) is 21.7 Å². The van der Waals surface area contributed by atoms with Crippen LogP contribution in [0.5, 0.6) is 5.75 Å². The molecule has 1 aromatic heterocycles. The molecule has 0 atom stereocenters. The van der Waals surface area contributed by atoms with E-state index in [-0.39, 0.29) is 0 Å². The molecule has 0 spiro atoms. The number of methoxy groups -OCH3 is 1. The van der Waals surface area contributed by atoms with Crippen molar-refractivity contribution in [2.24, 2.45) is 0 Å². The van der Waals surface area contributed by atoms with Crippen molar-refractivity contribution < 1.29 is 13.2 Å². The van der Waals surface area contributed by atoms with Gasteiger partial charge in [-0.1, -0.05) is 12.1 Å². The molecule has 0 aliphatic carbocycles. The van der Waals surface area contributed by atoms with E-state index in [1.807, 2.05) is 43.3 Å². The lowest BCUT2D eigenvalue weighted by Gasteiger charge is -2.05. The van der Waals surface area contributed by atoms with Gasteiger partial charge < -0.3 is 4.74 Å². The number of thiazole rings is 1. The van der Waals surface area contributed by atoms with Crippen molar-refractivity contribution in [3.63, 3.8) is 0 Å². The SMILES string of the molecule is COc1ccc(-c2nc(-c3ccc(NS(C)(=O)=O)cc3)c(C)s2)cc1. The molecule has 25 heavy (non-hydrogen) atoms. The van der Waals surface area contributed by atoms with Crippen molar-refractivity contribution in [2.45, 2.75) is 6.92 Å². The van der Waals surface area contributed by atoms with Gasteiger partial charge in [0.05, 0.1) is 19.1 Å². The molecule has 0 unspecified atom stereocenters. The van der Waals surface area contributed by atoms with Crippen LogP contribution in [0.4, 0.5) is 5.69 Å². The van der Waals surface area contributed by atoms with Gasteiger partial charge in [-0.25, -0.2) is 13.4 Å². The van der Waals surface area contributed by atoms with Gasteiger partial charge >= 0.3 is 0 Å². The number of nitrogens with zero attached hydrogens (tertiary/aromatic N) is 1. The Morgan fingerprint density at radius 1 is 1.00 bits per heavy atom. The number of anilines is 1. The lowest BCUT2D eigenvalue weighted by Crippen LogP contribution is -2.09. The zero-order valence-electron chi connectivity index (χ0n) is 14.1. The van der Waals surface area contributed by atoms with Crippen LogP contribution in [-0.2, 0) is 10.0 Å². The number of rotatable bonds is 5. The van der Waals surface area contributed by atoms with Gasteiger partial charge in [-0.3, -0.25) is 4.72 Å². The molecule has 0 saturated carbocycles. The summed E-state index contributed by atoms with van der Waals surface area (Å²) >= 11 is 1.63. The van der Waals surface area contributed by atoms with E-state index >= 15 is 0 Å². The molecule has 1 heterocycles. The van der Waals surface area contributed by atoms with Crippen molar-refractivity contribution >= 4 is 27.0 Å². The summed E-state index contributed by atoms with van der Waals surface area (Å²) in [5.74, 6) is 0.811. The Hall–Kier alpha value is -2.38. The molecule has 0 aliphatic rings. The van der Waals surface area contributed by atoms with Crippen LogP contribution >= 0.6 is 11.3 Å². The Morgan fingerprint density at radius 2 is 1.60 bits per heavy atom. The topological polar surface area (TPSA) is 68.3 Å². The molecule has 0 aliphatic heterocycles. The van der Waals surface area contributed by atoms with Crippen molar-refractivity contribution in [3.8, 4) is 27.6 Å². The fraction of sp³-hybridized carbons (Fsp3) is 0.167. The Morgan fingerprint density at radius 3 is 2.16 bits per heavy atom. The normalized spacial score (nSPS) is 11.3. The molecule has 0 fully saturated rings. The largest absolute Gasteiger partial charge is 0.497 e. The number of aromatic nitrogens is 1. The van der Waals surface area contributed by atoms with E-state index in [1.165, 1.54) is 0 Å². The first-order valence-corrected chi connectivity index (χ1v) is 10.3. The lowest BCUT2D eigenvalue weighted by molar-refractivity contribution is 0.415. The summed E-state index contributed by atoms with van der Waals surface area (Å²) < 4.78 is 30.2. The summed E-state index contributed by atoms with van der Waals surface area (Å²) in [5, 5.41) is 0.938. The maximum atomic E-state index is 11.3. The number of ether oxygens (including phenoxy) is 1. The molecular formula is C18H18N2O3S2. The number of benzene rings is 2. The molecule has 0 saturated heterocycles. The summed E-state index contributed by atoms with van der Waals surface area (Å²) in [6.07, 6.45) is 1.13. The molecule has 3 rings (SSSR count). The fourth-order valence-corrected chi connectivity index (χ4v) is 3.94. The average Bonchev–Trinajstić information content (AvgIpc) is 2.96. The summed E-state index contributed by atoms with van der Waals surface area (Å²) in [4.78, 5) is 5.86. The van der Waals surface area contributed by atoms with E-state index in [0.29, 0.717) is 5.69 Å². The zero-order valence-corrected chi connectivity index (χ0v) is 15.7. The molecular weight excluding hydrogens is 356 g/mol. The van der Waals surface area contributed by atoms with Crippen LogP contribution in [-0.4, -0.2) is 26.8 Å². The van der Waals surface area contributed by atoms with Crippen molar-refractivity contribution in [2.75, 3.05) is 18.1 Å². The highest BCUT2D eigenvalue weighted by molar-refractivity contribution is 7.92. The van der Waals surface area contributed by atoms with Gasteiger partial charge in [0.2, 0.25) is 10.0 Å². The third kappa shape index (κ3) is 4.18.